The van der Waals surface area contributed by atoms with Gasteiger partial charge in [-0.3, -0.25) is 4.79 Å². The van der Waals surface area contributed by atoms with Gasteiger partial charge in [0.2, 0.25) is 5.78 Å². The third kappa shape index (κ3) is 4.83. The van der Waals surface area contributed by atoms with Crippen LogP contribution in [0.1, 0.15) is 27.6 Å². The maximum Gasteiger partial charge on any atom is 0.345 e. The van der Waals surface area contributed by atoms with Gasteiger partial charge in [-0.05, 0) is 24.3 Å². The second-order valence-corrected chi connectivity index (χ2v) is 5.94. The molecule has 5 heteroatoms. The Balaban J connectivity index is 1.71. The molecule has 3 rings (SSSR count). The zero-order chi connectivity index (χ0) is 19.8. The van der Waals surface area contributed by atoms with E-state index in [2.05, 4.69) is 0 Å². The molecule has 0 bridgehead atoms. The lowest BCUT2D eigenvalue weighted by Gasteiger charge is -2.17. The minimum Gasteiger partial charge on any atom is -0.482 e. The Morgan fingerprint density at radius 2 is 1.46 bits per heavy atom. The van der Waals surface area contributed by atoms with Crippen molar-refractivity contribution < 1.29 is 19.1 Å². The highest BCUT2D eigenvalue weighted by Crippen LogP contribution is 2.23. The van der Waals surface area contributed by atoms with E-state index >= 15 is 0 Å². The highest BCUT2D eigenvalue weighted by Gasteiger charge is 2.26. The predicted molar refractivity (Wildman–Crippen MR) is 103 cm³/mol. The molecule has 1 atom stereocenters. The summed E-state index contributed by atoms with van der Waals surface area (Å²) in [7, 11) is 0. The summed E-state index contributed by atoms with van der Waals surface area (Å²) < 4.78 is 10.8. The minimum atomic E-state index is -1.05. The molecule has 0 unspecified atom stereocenters. The van der Waals surface area contributed by atoms with E-state index in [1.165, 1.54) is 0 Å². The standard InChI is InChI=1S/C23H17NO4/c24-15-17-11-13-20(14-12-17)27-16-21(25)28-23(19-9-5-2-6-10-19)22(26)18-7-3-1-4-8-18/h1-14,23H,16H2/t23-/m1/s1. The monoisotopic (exact) mass is 371 g/mol. The molecule has 0 spiro atoms. The van der Waals surface area contributed by atoms with E-state index in [1.807, 2.05) is 18.2 Å². The number of nitriles is 1. The summed E-state index contributed by atoms with van der Waals surface area (Å²) in [5.41, 5.74) is 1.53. The van der Waals surface area contributed by atoms with Crippen LogP contribution < -0.4 is 4.74 Å². The van der Waals surface area contributed by atoms with Crippen LogP contribution in [0.2, 0.25) is 0 Å². The van der Waals surface area contributed by atoms with Crippen molar-refractivity contribution in [3.63, 3.8) is 0 Å². The second kappa shape index (κ2) is 9.15. The quantitative estimate of drug-likeness (QED) is 0.461. The van der Waals surface area contributed by atoms with Crippen LogP contribution in [0.25, 0.3) is 0 Å². The molecule has 0 N–H and O–H groups in total. The first-order valence-electron chi connectivity index (χ1n) is 8.64. The van der Waals surface area contributed by atoms with Gasteiger partial charge in [-0.1, -0.05) is 60.7 Å². The molecule has 0 saturated carbocycles. The van der Waals surface area contributed by atoms with Gasteiger partial charge >= 0.3 is 5.97 Å². The summed E-state index contributed by atoms with van der Waals surface area (Å²) in [5, 5.41) is 8.80. The van der Waals surface area contributed by atoms with Crippen molar-refractivity contribution in [2.24, 2.45) is 0 Å². The van der Waals surface area contributed by atoms with Gasteiger partial charge < -0.3 is 9.47 Å². The van der Waals surface area contributed by atoms with Crippen LogP contribution in [-0.4, -0.2) is 18.4 Å². The summed E-state index contributed by atoms with van der Waals surface area (Å²) in [5.74, 6) is -0.539. The highest BCUT2D eigenvalue weighted by molar-refractivity contribution is 6.01. The number of ketones is 1. The Bertz CT molecular complexity index is 977. The van der Waals surface area contributed by atoms with Gasteiger partial charge in [0.1, 0.15) is 5.75 Å². The van der Waals surface area contributed by atoms with Gasteiger partial charge in [-0.25, -0.2) is 4.79 Å². The molecule has 0 fully saturated rings. The normalized spacial score (nSPS) is 11.1. The van der Waals surface area contributed by atoms with Crippen LogP contribution in [0.3, 0.4) is 0 Å². The maximum atomic E-state index is 12.9. The number of ether oxygens (including phenoxy) is 2. The molecule has 3 aromatic carbocycles. The lowest BCUT2D eigenvalue weighted by Crippen LogP contribution is -2.23. The van der Waals surface area contributed by atoms with Gasteiger partial charge in [0, 0.05) is 11.1 Å². The van der Waals surface area contributed by atoms with Gasteiger partial charge in [0.25, 0.3) is 0 Å². The number of esters is 1. The SMILES string of the molecule is N#Cc1ccc(OCC(=O)O[C@@H](C(=O)c2ccccc2)c2ccccc2)cc1. The number of hydrogen-bond acceptors (Lipinski definition) is 5. The van der Waals surface area contributed by atoms with Crippen LogP contribution in [0, 0.1) is 11.3 Å². The van der Waals surface area contributed by atoms with E-state index in [4.69, 9.17) is 14.7 Å². The molecule has 5 nitrogen and oxygen atoms in total. The smallest absolute Gasteiger partial charge is 0.345 e. The number of hydrogen-bond donors (Lipinski definition) is 0. The summed E-state index contributed by atoms with van der Waals surface area (Å²) in [6.07, 6.45) is -1.05. The van der Waals surface area contributed by atoms with Crippen LogP contribution in [0.5, 0.6) is 5.75 Å². The Hall–Kier alpha value is -3.91. The average Bonchev–Trinajstić information content (AvgIpc) is 2.77. The molecule has 0 aliphatic carbocycles. The summed E-state index contributed by atoms with van der Waals surface area (Å²) in [6, 6.07) is 25.9. The fraction of sp³-hybridized carbons (Fsp3) is 0.0870. The Kier molecular flexibility index (Phi) is 6.17. The predicted octanol–water partition coefficient (Wildman–Crippen LogP) is 4.10. The van der Waals surface area contributed by atoms with Gasteiger partial charge in [-0.15, -0.1) is 0 Å². The number of carbonyl (C=O) groups excluding carboxylic acids is 2. The Morgan fingerprint density at radius 1 is 0.857 bits per heavy atom. The first-order valence-corrected chi connectivity index (χ1v) is 8.64. The molecule has 0 aliphatic rings. The molecule has 28 heavy (non-hydrogen) atoms. The van der Waals surface area contributed by atoms with Crippen LogP contribution >= 0.6 is 0 Å². The topological polar surface area (TPSA) is 76.4 Å². The largest absolute Gasteiger partial charge is 0.482 e. The first-order chi connectivity index (χ1) is 13.7. The van der Waals surface area contributed by atoms with Crippen LogP contribution in [0.4, 0.5) is 0 Å². The Labute approximate surface area is 162 Å². The zero-order valence-electron chi connectivity index (χ0n) is 14.9. The fourth-order valence-corrected chi connectivity index (χ4v) is 2.59. The third-order valence-corrected chi connectivity index (χ3v) is 3.99. The minimum absolute atomic E-state index is 0.307. The lowest BCUT2D eigenvalue weighted by molar-refractivity contribution is -0.149. The van der Waals surface area contributed by atoms with E-state index in [0.29, 0.717) is 22.4 Å². The number of carbonyl (C=O) groups is 2. The van der Waals surface area contributed by atoms with E-state index < -0.39 is 12.1 Å². The van der Waals surface area contributed by atoms with Crippen molar-refractivity contribution in [1.82, 2.24) is 0 Å². The number of Topliss-reactive ketones (excluding diaryl/α,β-unsaturated/α-hetero) is 1. The second-order valence-electron chi connectivity index (χ2n) is 5.94. The van der Waals surface area contributed by atoms with Gasteiger partial charge in [0.15, 0.2) is 12.7 Å². The lowest BCUT2D eigenvalue weighted by atomic mass is 10.00. The number of benzene rings is 3. The van der Waals surface area contributed by atoms with Gasteiger partial charge in [-0.2, -0.15) is 5.26 Å². The molecule has 0 amide bonds. The molecule has 0 aliphatic heterocycles. The van der Waals surface area contributed by atoms with Crippen molar-refractivity contribution >= 4 is 11.8 Å². The maximum absolute atomic E-state index is 12.9. The van der Waals surface area contributed by atoms with Crippen molar-refractivity contribution in [1.29, 1.82) is 5.26 Å². The highest BCUT2D eigenvalue weighted by atomic mass is 16.6. The molecular weight excluding hydrogens is 354 g/mol. The van der Waals surface area contributed by atoms with E-state index in [0.717, 1.165) is 0 Å². The van der Waals surface area contributed by atoms with Gasteiger partial charge in [0.05, 0.1) is 11.6 Å². The summed E-state index contributed by atoms with van der Waals surface area (Å²) in [4.78, 5) is 25.2. The molecular formula is C23H17NO4. The third-order valence-electron chi connectivity index (χ3n) is 3.99. The summed E-state index contributed by atoms with van der Waals surface area (Å²) in [6.45, 7) is -0.350. The number of nitrogens with zero attached hydrogens (tertiary/aromatic N) is 1. The van der Waals surface area contributed by atoms with Crippen molar-refractivity contribution in [3.05, 3.63) is 102 Å². The number of rotatable bonds is 7. The molecule has 138 valence electrons. The van der Waals surface area contributed by atoms with E-state index in [1.54, 1.807) is 72.8 Å². The molecule has 0 saturated heterocycles. The van der Waals surface area contributed by atoms with Crippen LogP contribution in [-0.2, 0) is 9.53 Å². The van der Waals surface area contributed by atoms with E-state index in [9.17, 15) is 9.59 Å². The Morgan fingerprint density at radius 3 is 2.07 bits per heavy atom. The van der Waals surface area contributed by atoms with Crippen LogP contribution in [0.15, 0.2) is 84.9 Å². The van der Waals surface area contributed by atoms with E-state index in [-0.39, 0.29) is 12.4 Å². The average molecular weight is 371 g/mol. The molecule has 0 aromatic heterocycles. The van der Waals surface area contributed by atoms with Crippen molar-refractivity contribution in [2.45, 2.75) is 6.10 Å². The molecule has 0 heterocycles. The fourth-order valence-electron chi connectivity index (χ4n) is 2.59. The first kappa shape index (κ1) is 18.9. The summed E-state index contributed by atoms with van der Waals surface area (Å²) >= 11 is 0. The molecule has 3 aromatic rings. The molecule has 0 radical (unpaired) electrons. The van der Waals surface area contributed by atoms with Crippen molar-refractivity contribution in [2.75, 3.05) is 6.61 Å². The van der Waals surface area contributed by atoms with Crippen molar-refractivity contribution in [3.8, 4) is 11.8 Å². The zero-order valence-corrected chi connectivity index (χ0v) is 14.9.